The zero-order valence-electron chi connectivity index (χ0n) is 13.3. The predicted octanol–water partition coefficient (Wildman–Crippen LogP) is 2.71. The molecule has 4 nitrogen and oxygen atoms in total. The monoisotopic (exact) mass is 289 g/mol. The van der Waals surface area contributed by atoms with E-state index in [-0.39, 0.29) is 0 Å². The summed E-state index contributed by atoms with van der Waals surface area (Å²) in [6.45, 7) is 4.36. The van der Waals surface area contributed by atoms with E-state index in [4.69, 9.17) is 4.74 Å². The lowest BCUT2D eigenvalue weighted by atomic mass is 9.98. The normalized spacial score (nSPS) is 24.4. The number of hydrogen-bond acceptors (Lipinski definition) is 4. The van der Waals surface area contributed by atoms with Crippen molar-refractivity contribution in [1.82, 2.24) is 9.88 Å². The SMILES string of the molecule is CN(C)c1cc(C2CCCN2CC2CCOCC2)ccn1. The number of nitrogens with zero attached hydrogens (tertiary/aromatic N) is 3. The molecule has 1 aromatic heterocycles. The average molecular weight is 289 g/mol. The molecule has 0 N–H and O–H groups in total. The first-order valence-electron chi connectivity index (χ1n) is 8.19. The van der Waals surface area contributed by atoms with E-state index in [1.165, 1.54) is 44.3 Å². The molecular formula is C17H27N3O. The third-order valence-electron chi connectivity index (χ3n) is 4.81. The molecule has 3 heterocycles. The first-order chi connectivity index (χ1) is 10.2. The summed E-state index contributed by atoms with van der Waals surface area (Å²) in [5, 5.41) is 0. The van der Waals surface area contributed by atoms with Crippen molar-refractivity contribution in [3.8, 4) is 0 Å². The molecule has 116 valence electrons. The summed E-state index contributed by atoms with van der Waals surface area (Å²) in [5.41, 5.74) is 1.43. The highest BCUT2D eigenvalue weighted by Crippen LogP contribution is 2.34. The van der Waals surface area contributed by atoms with Gasteiger partial charge in [0.15, 0.2) is 0 Å². The van der Waals surface area contributed by atoms with Gasteiger partial charge in [0.25, 0.3) is 0 Å². The smallest absolute Gasteiger partial charge is 0.128 e. The van der Waals surface area contributed by atoms with Gasteiger partial charge < -0.3 is 9.64 Å². The van der Waals surface area contributed by atoms with Crippen LogP contribution in [-0.2, 0) is 4.74 Å². The molecule has 2 aliphatic heterocycles. The van der Waals surface area contributed by atoms with E-state index in [9.17, 15) is 0 Å². The molecule has 0 aromatic carbocycles. The van der Waals surface area contributed by atoms with Gasteiger partial charge in [-0.3, -0.25) is 4.90 Å². The Kier molecular flexibility index (Phi) is 4.76. The molecule has 1 unspecified atom stereocenters. The lowest BCUT2D eigenvalue weighted by molar-refractivity contribution is 0.0506. The summed E-state index contributed by atoms with van der Waals surface area (Å²) < 4.78 is 5.49. The number of hydrogen-bond donors (Lipinski definition) is 0. The molecule has 2 fully saturated rings. The number of anilines is 1. The van der Waals surface area contributed by atoms with Crippen LogP contribution in [0.25, 0.3) is 0 Å². The Morgan fingerprint density at radius 1 is 1.29 bits per heavy atom. The molecule has 21 heavy (non-hydrogen) atoms. The summed E-state index contributed by atoms with van der Waals surface area (Å²) in [5.74, 6) is 1.87. The quantitative estimate of drug-likeness (QED) is 0.852. The third kappa shape index (κ3) is 3.55. The van der Waals surface area contributed by atoms with Crippen LogP contribution in [0.3, 0.4) is 0 Å². The van der Waals surface area contributed by atoms with Gasteiger partial charge in [-0.1, -0.05) is 0 Å². The van der Waals surface area contributed by atoms with Crippen molar-refractivity contribution in [2.24, 2.45) is 5.92 Å². The van der Waals surface area contributed by atoms with Crippen LogP contribution in [0, 0.1) is 5.92 Å². The third-order valence-corrected chi connectivity index (χ3v) is 4.81. The second kappa shape index (κ2) is 6.75. The Labute approximate surface area is 128 Å². The molecule has 4 heteroatoms. The van der Waals surface area contributed by atoms with Crippen LogP contribution < -0.4 is 4.90 Å². The molecule has 3 rings (SSSR count). The summed E-state index contributed by atoms with van der Waals surface area (Å²) in [6.07, 6.45) is 6.99. The van der Waals surface area contributed by atoms with E-state index in [1.807, 2.05) is 6.20 Å². The van der Waals surface area contributed by atoms with Gasteiger partial charge in [-0.2, -0.15) is 0 Å². The molecule has 1 aromatic rings. The van der Waals surface area contributed by atoms with Crippen molar-refractivity contribution >= 4 is 5.82 Å². The zero-order valence-corrected chi connectivity index (χ0v) is 13.3. The maximum atomic E-state index is 5.49. The fourth-order valence-electron chi connectivity index (χ4n) is 3.57. The van der Waals surface area contributed by atoms with Crippen molar-refractivity contribution in [1.29, 1.82) is 0 Å². The Bertz CT molecular complexity index is 457. The molecule has 2 saturated heterocycles. The number of aromatic nitrogens is 1. The fraction of sp³-hybridized carbons (Fsp3) is 0.706. The van der Waals surface area contributed by atoms with Crippen LogP contribution in [0.4, 0.5) is 5.82 Å². The highest BCUT2D eigenvalue weighted by molar-refractivity contribution is 5.40. The van der Waals surface area contributed by atoms with Gasteiger partial charge >= 0.3 is 0 Å². The summed E-state index contributed by atoms with van der Waals surface area (Å²) in [4.78, 5) is 9.21. The van der Waals surface area contributed by atoms with Gasteiger partial charge in [0.1, 0.15) is 5.82 Å². The van der Waals surface area contributed by atoms with Gasteiger partial charge in [0.2, 0.25) is 0 Å². The van der Waals surface area contributed by atoms with Crippen molar-refractivity contribution in [2.75, 3.05) is 45.3 Å². The zero-order chi connectivity index (χ0) is 14.7. The minimum absolute atomic E-state index is 0.578. The lowest BCUT2D eigenvalue weighted by Gasteiger charge is -2.31. The van der Waals surface area contributed by atoms with E-state index >= 15 is 0 Å². The minimum Gasteiger partial charge on any atom is -0.381 e. The Morgan fingerprint density at radius 3 is 2.86 bits per heavy atom. The summed E-state index contributed by atoms with van der Waals surface area (Å²) >= 11 is 0. The van der Waals surface area contributed by atoms with Crippen LogP contribution >= 0.6 is 0 Å². The number of likely N-dealkylation sites (tertiary alicyclic amines) is 1. The van der Waals surface area contributed by atoms with Gasteiger partial charge in [-0.25, -0.2) is 4.98 Å². The van der Waals surface area contributed by atoms with Crippen LogP contribution in [-0.4, -0.2) is 50.3 Å². The van der Waals surface area contributed by atoms with Crippen LogP contribution in [0.1, 0.15) is 37.3 Å². The molecule has 0 spiro atoms. The van der Waals surface area contributed by atoms with Crippen molar-refractivity contribution in [2.45, 2.75) is 31.7 Å². The first kappa shape index (κ1) is 14.8. The van der Waals surface area contributed by atoms with Gasteiger partial charge in [-0.05, 0) is 55.8 Å². The molecule has 0 aliphatic carbocycles. The highest BCUT2D eigenvalue weighted by Gasteiger charge is 2.28. The van der Waals surface area contributed by atoms with Crippen LogP contribution in [0.15, 0.2) is 18.3 Å². The van der Waals surface area contributed by atoms with E-state index < -0.39 is 0 Å². The van der Waals surface area contributed by atoms with Crippen LogP contribution in [0.5, 0.6) is 0 Å². The van der Waals surface area contributed by atoms with Crippen molar-refractivity contribution < 1.29 is 4.74 Å². The molecule has 0 radical (unpaired) electrons. The maximum Gasteiger partial charge on any atom is 0.128 e. The molecule has 0 bridgehead atoms. The minimum atomic E-state index is 0.578. The Morgan fingerprint density at radius 2 is 2.10 bits per heavy atom. The summed E-state index contributed by atoms with van der Waals surface area (Å²) in [6, 6.07) is 5.03. The number of ether oxygens (including phenoxy) is 1. The fourth-order valence-corrected chi connectivity index (χ4v) is 3.57. The average Bonchev–Trinajstić information content (AvgIpc) is 2.96. The van der Waals surface area contributed by atoms with Crippen LogP contribution in [0.2, 0.25) is 0 Å². The topological polar surface area (TPSA) is 28.6 Å². The first-order valence-corrected chi connectivity index (χ1v) is 8.19. The Hall–Kier alpha value is -1.13. The predicted molar refractivity (Wildman–Crippen MR) is 85.7 cm³/mol. The van der Waals surface area contributed by atoms with Crippen molar-refractivity contribution in [3.05, 3.63) is 23.9 Å². The van der Waals surface area contributed by atoms with Gasteiger partial charge in [0, 0.05) is 46.1 Å². The van der Waals surface area contributed by atoms with Gasteiger partial charge in [0.05, 0.1) is 0 Å². The largest absolute Gasteiger partial charge is 0.381 e. The van der Waals surface area contributed by atoms with Crippen molar-refractivity contribution in [3.63, 3.8) is 0 Å². The van der Waals surface area contributed by atoms with E-state index in [0.717, 1.165) is 24.9 Å². The summed E-state index contributed by atoms with van der Waals surface area (Å²) in [7, 11) is 4.11. The molecule has 0 saturated carbocycles. The van der Waals surface area contributed by atoms with Gasteiger partial charge in [-0.15, -0.1) is 0 Å². The molecule has 2 aliphatic rings. The molecule has 0 amide bonds. The standard InChI is InChI=1S/C17H27N3O/c1-19(2)17-12-15(5-8-18-17)16-4-3-9-20(16)13-14-6-10-21-11-7-14/h5,8,12,14,16H,3-4,6-7,9-11,13H2,1-2H3. The second-order valence-electron chi connectivity index (χ2n) is 6.55. The van der Waals surface area contributed by atoms with E-state index in [2.05, 4.69) is 41.0 Å². The van der Waals surface area contributed by atoms with E-state index in [1.54, 1.807) is 0 Å². The highest BCUT2D eigenvalue weighted by atomic mass is 16.5. The number of pyridine rings is 1. The number of rotatable bonds is 4. The Balaban J connectivity index is 1.69. The maximum absolute atomic E-state index is 5.49. The molecular weight excluding hydrogens is 262 g/mol. The van der Waals surface area contributed by atoms with E-state index in [0.29, 0.717) is 6.04 Å². The lowest BCUT2D eigenvalue weighted by Crippen LogP contribution is -2.32. The second-order valence-corrected chi connectivity index (χ2v) is 6.55. The molecule has 1 atom stereocenters.